The Morgan fingerprint density at radius 3 is 2.13 bits per heavy atom. The minimum Gasteiger partial charge on any atom is -0.269 e. The van der Waals surface area contributed by atoms with Crippen LogP contribution in [0.5, 0.6) is 0 Å². The third kappa shape index (κ3) is 2.62. The number of hydrazine groups is 1. The monoisotopic (exact) mass is 455 g/mol. The summed E-state index contributed by atoms with van der Waals surface area (Å²) in [5.41, 5.74) is -0.463. The predicted octanol–water partition coefficient (Wildman–Crippen LogP) is 5.34. The van der Waals surface area contributed by atoms with Crippen LogP contribution in [-0.4, -0.2) is 52.4 Å². The van der Waals surface area contributed by atoms with Crippen molar-refractivity contribution in [3.8, 4) is 0 Å². The van der Waals surface area contributed by atoms with Crippen molar-refractivity contribution < 1.29 is 39.9 Å². The number of para-hydroxylation sites is 1. The molecular formula is C19H17F8N3O. The molecule has 0 spiro atoms. The fraction of sp³-hybridized carbons (Fsp3) is 0.526. The van der Waals surface area contributed by atoms with Gasteiger partial charge in [0.05, 0.1) is 0 Å². The van der Waals surface area contributed by atoms with Crippen molar-refractivity contribution in [3.63, 3.8) is 0 Å². The molecule has 3 heterocycles. The number of halogens is 8. The minimum atomic E-state index is -6.40. The van der Waals surface area contributed by atoms with E-state index in [1.165, 1.54) is 18.2 Å². The highest BCUT2D eigenvalue weighted by Gasteiger charge is 2.80. The molecule has 3 aliphatic heterocycles. The number of urea groups is 1. The number of carbonyl (C=O) groups is 1. The maximum absolute atomic E-state index is 14.8. The van der Waals surface area contributed by atoms with Crippen LogP contribution in [0, 0.1) is 5.41 Å². The Balaban J connectivity index is 1.80. The fourth-order valence-electron chi connectivity index (χ4n) is 4.46. The Labute approximate surface area is 171 Å². The minimum absolute atomic E-state index is 0.0580. The quantitative estimate of drug-likeness (QED) is 0.561. The van der Waals surface area contributed by atoms with Crippen LogP contribution in [0.15, 0.2) is 42.1 Å². The van der Waals surface area contributed by atoms with Gasteiger partial charge in [-0.1, -0.05) is 38.1 Å². The van der Waals surface area contributed by atoms with Gasteiger partial charge in [0.1, 0.15) is 12.2 Å². The summed E-state index contributed by atoms with van der Waals surface area (Å²) in [6.07, 6.45) is -5.32. The third-order valence-corrected chi connectivity index (χ3v) is 5.87. The normalized spacial score (nSPS) is 25.6. The molecule has 12 heteroatoms. The van der Waals surface area contributed by atoms with Crippen LogP contribution in [0.4, 0.5) is 45.6 Å². The lowest BCUT2D eigenvalue weighted by atomic mass is 9.89. The summed E-state index contributed by atoms with van der Waals surface area (Å²) in [6, 6.07) is 3.89. The number of amides is 2. The number of carbonyl (C=O) groups excluding carboxylic acids is 1. The van der Waals surface area contributed by atoms with E-state index < -0.39 is 54.3 Å². The lowest BCUT2D eigenvalue weighted by molar-refractivity contribution is -0.349. The highest BCUT2D eigenvalue weighted by Crippen LogP contribution is 2.58. The van der Waals surface area contributed by atoms with Gasteiger partial charge in [-0.15, -0.1) is 0 Å². The van der Waals surface area contributed by atoms with Crippen LogP contribution in [-0.2, 0) is 0 Å². The lowest BCUT2D eigenvalue weighted by Gasteiger charge is -2.38. The van der Waals surface area contributed by atoms with Crippen molar-refractivity contribution in [1.29, 1.82) is 0 Å². The SMILES string of the molecule is CC1(C)C=C2C[C@@H](C(F)(F)C(F)(F)C(F)(F)C(F)F)N3C(=O)N(c4ccccc4)[C@H]1N23. The summed E-state index contributed by atoms with van der Waals surface area (Å²) in [4.78, 5) is 14.2. The molecule has 31 heavy (non-hydrogen) atoms. The van der Waals surface area contributed by atoms with Gasteiger partial charge < -0.3 is 0 Å². The smallest absolute Gasteiger partial charge is 0.269 e. The molecule has 0 N–H and O–H groups in total. The van der Waals surface area contributed by atoms with E-state index in [1.54, 1.807) is 32.0 Å². The standard InChI is InChI=1S/C19H17F8N3O/c1-16(2)9-11-8-12(17(22,23)19(26,27)18(24,25)13(20)21)30-15(31)28(14(16)29(11)30)10-6-4-3-5-7-10/h3-7,9,12-14H,8H2,1-2H3/t12-,14-/m0/s1. The molecule has 3 aliphatic rings. The number of alkyl halides is 8. The van der Waals surface area contributed by atoms with Gasteiger partial charge in [-0.2, -0.15) is 26.3 Å². The van der Waals surface area contributed by atoms with Crippen molar-refractivity contribution in [2.24, 2.45) is 5.41 Å². The Morgan fingerprint density at radius 2 is 1.58 bits per heavy atom. The third-order valence-electron chi connectivity index (χ3n) is 5.87. The fourth-order valence-corrected chi connectivity index (χ4v) is 4.46. The van der Waals surface area contributed by atoms with Gasteiger partial charge in [0, 0.05) is 23.2 Å². The van der Waals surface area contributed by atoms with Gasteiger partial charge in [0.2, 0.25) is 0 Å². The maximum Gasteiger partial charge on any atom is 0.380 e. The zero-order valence-corrected chi connectivity index (χ0v) is 16.2. The highest BCUT2D eigenvalue weighted by atomic mass is 19.4. The van der Waals surface area contributed by atoms with Crippen molar-refractivity contribution in [1.82, 2.24) is 10.0 Å². The van der Waals surface area contributed by atoms with E-state index in [2.05, 4.69) is 0 Å². The second kappa shape index (κ2) is 6.26. The second-order valence-corrected chi connectivity index (χ2v) is 8.35. The molecular weight excluding hydrogens is 438 g/mol. The molecule has 170 valence electrons. The molecule has 0 aliphatic carbocycles. The molecule has 0 aromatic heterocycles. The Hall–Kier alpha value is -2.53. The van der Waals surface area contributed by atoms with Crippen molar-refractivity contribution in [2.75, 3.05) is 4.90 Å². The molecule has 2 amide bonds. The molecule has 4 rings (SSSR count). The van der Waals surface area contributed by atoms with E-state index in [0.717, 1.165) is 9.91 Å². The largest absolute Gasteiger partial charge is 0.380 e. The number of nitrogens with zero attached hydrogens (tertiary/aromatic N) is 3. The number of rotatable bonds is 5. The molecule has 0 bridgehead atoms. The van der Waals surface area contributed by atoms with Crippen LogP contribution in [0.1, 0.15) is 20.3 Å². The first kappa shape index (κ1) is 21.7. The molecule has 2 atom stereocenters. The van der Waals surface area contributed by atoms with Gasteiger partial charge in [-0.05, 0) is 12.1 Å². The zero-order chi connectivity index (χ0) is 23.1. The van der Waals surface area contributed by atoms with Gasteiger partial charge in [0.15, 0.2) is 0 Å². The van der Waals surface area contributed by atoms with Crippen LogP contribution < -0.4 is 4.90 Å². The van der Waals surface area contributed by atoms with Gasteiger partial charge in [-0.25, -0.2) is 18.6 Å². The van der Waals surface area contributed by atoms with Crippen LogP contribution in [0.3, 0.4) is 0 Å². The molecule has 0 saturated carbocycles. The molecule has 2 fully saturated rings. The van der Waals surface area contributed by atoms with E-state index >= 15 is 0 Å². The van der Waals surface area contributed by atoms with E-state index in [4.69, 9.17) is 0 Å². The van der Waals surface area contributed by atoms with E-state index in [-0.39, 0.29) is 11.4 Å². The number of hydrogen-bond acceptors (Lipinski definition) is 2. The molecule has 1 aromatic carbocycles. The van der Waals surface area contributed by atoms with Crippen LogP contribution >= 0.6 is 0 Å². The van der Waals surface area contributed by atoms with E-state index in [9.17, 15) is 39.9 Å². The predicted molar refractivity (Wildman–Crippen MR) is 92.9 cm³/mol. The average Bonchev–Trinajstić information content (AvgIpc) is 3.26. The molecule has 2 saturated heterocycles. The van der Waals surface area contributed by atoms with E-state index in [1.807, 2.05) is 0 Å². The number of anilines is 1. The van der Waals surface area contributed by atoms with Crippen molar-refractivity contribution in [3.05, 3.63) is 42.1 Å². The summed E-state index contributed by atoms with van der Waals surface area (Å²) < 4.78 is 110. The Morgan fingerprint density at radius 1 is 1.00 bits per heavy atom. The lowest BCUT2D eigenvalue weighted by Crippen LogP contribution is -2.65. The summed E-state index contributed by atoms with van der Waals surface area (Å²) in [7, 11) is 0. The first-order valence-corrected chi connectivity index (χ1v) is 9.26. The highest BCUT2D eigenvalue weighted by molar-refractivity contribution is 5.95. The summed E-state index contributed by atoms with van der Waals surface area (Å²) in [5.74, 6) is -18.3. The summed E-state index contributed by atoms with van der Waals surface area (Å²) in [6.45, 7) is 3.39. The molecule has 1 aromatic rings. The van der Waals surface area contributed by atoms with Gasteiger partial charge in [0.25, 0.3) is 0 Å². The molecule has 0 unspecified atom stereocenters. The first-order valence-electron chi connectivity index (χ1n) is 9.26. The first-order chi connectivity index (χ1) is 14.2. The molecule has 0 radical (unpaired) electrons. The molecule has 4 nitrogen and oxygen atoms in total. The van der Waals surface area contributed by atoms with Crippen LogP contribution in [0.25, 0.3) is 0 Å². The number of benzene rings is 1. The van der Waals surface area contributed by atoms with Crippen molar-refractivity contribution in [2.45, 2.75) is 56.7 Å². The topological polar surface area (TPSA) is 26.8 Å². The Bertz CT molecular complexity index is 933. The van der Waals surface area contributed by atoms with Gasteiger partial charge in [-0.3, -0.25) is 9.91 Å². The van der Waals surface area contributed by atoms with Crippen molar-refractivity contribution >= 4 is 11.7 Å². The average molecular weight is 455 g/mol. The van der Waals surface area contributed by atoms with Gasteiger partial charge >= 0.3 is 30.2 Å². The number of hydrogen-bond donors (Lipinski definition) is 0. The van der Waals surface area contributed by atoms with Crippen LogP contribution in [0.2, 0.25) is 0 Å². The summed E-state index contributed by atoms with van der Waals surface area (Å²) in [5, 5.41) is 1.37. The Kier molecular flexibility index (Phi) is 4.38. The maximum atomic E-state index is 14.8. The van der Waals surface area contributed by atoms with E-state index in [0.29, 0.717) is 5.01 Å². The summed E-state index contributed by atoms with van der Waals surface area (Å²) >= 11 is 0. The second-order valence-electron chi connectivity index (χ2n) is 8.35. The zero-order valence-electron chi connectivity index (χ0n) is 16.2.